The average molecular weight is 366 g/mol. The van der Waals surface area contributed by atoms with Gasteiger partial charge in [-0.15, -0.1) is 0 Å². The molecule has 2 aromatic rings. The zero-order chi connectivity index (χ0) is 17.5. The number of para-hydroxylation sites is 1. The van der Waals surface area contributed by atoms with Crippen molar-refractivity contribution in [1.29, 1.82) is 0 Å². The van der Waals surface area contributed by atoms with E-state index in [1.807, 2.05) is 0 Å². The highest BCUT2D eigenvalue weighted by Gasteiger charge is 2.07. The molecule has 0 heterocycles. The maximum atomic E-state index is 11.9. The Morgan fingerprint density at radius 2 is 1.46 bits per heavy atom. The second kappa shape index (κ2) is 8.57. The lowest BCUT2D eigenvalue weighted by molar-refractivity contribution is -0.116. The second-order valence-electron chi connectivity index (χ2n) is 5.08. The SMILES string of the molecule is CC(=O)Nc1ccc(NC(=O)CCNc2c(Cl)cccc2Cl)cc1. The summed E-state index contributed by atoms with van der Waals surface area (Å²) in [6.45, 7) is 1.84. The first-order valence-corrected chi connectivity index (χ1v) is 8.06. The summed E-state index contributed by atoms with van der Waals surface area (Å²) in [7, 11) is 0. The lowest BCUT2D eigenvalue weighted by Crippen LogP contribution is -2.16. The molecule has 0 radical (unpaired) electrons. The molecule has 0 saturated carbocycles. The summed E-state index contributed by atoms with van der Waals surface area (Å²) < 4.78 is 0. The zero-order valence-electron chi connectivity index (χ0n) is 13.0. The molecule has 2 aromatic carbocycles. The van der Waals surface area contributed by atoms with E-state index < -0.39 is 0 Å². The van der Waals surface area contributed by atoms with E-state index in [-0.39, 0.29) is 18.2 Å². The standard InChI is InChI=1S/C17H17Cl2N3O2/c1-11(23)21-12-5-7-13(8-6-12)22-16(24)9-10-20-17-14(18)3-2-4-15(17)19/h2-8,20H,9-10H2,1H3,(H,21,23)(H,22,24). The van der Waals surface area contributed by atoms with E-state index in [0.717, 1.165) is 0 Å². The van der Waals surface area contributed by atoms with Crippen molar-refractivity contribution in [3.05, 3.63) is 52.5 Å². The minimum Gasteiger partial charge on any atom is -0.382 e. The number of carbonyl (C=O) groups is 2. The third kappa shape index (κ3) is 5.44. The molecule has 0 aliphatic rings. The zero-order valence-corrected chi connectivity index (χ0v) is 14.5. The van der Waals surface area contributed by atoms with Gasteiger partial charge in [-0.2, -0.15) is 0 Å². The van der Waals surface area contributed by atoms with Crippen molar-refractivity contribution in [2.45, 2.75) is 13.3 Å². The molecule has 0 aliphatic heterocycles. The summed E-state index contributed by atoms with van der Waals surface area (Å²) >= 11 is 12.1. The van der Waals surface area contributed by atoms with Crippen LogP contribution in [0.3, 0.4) is 0 Å². The molecule has 0 aliphatic carbocycles. The van der Waals surface area contributed by atoms with Crippen LogP contribution >= 0.6 is 23.2 Å². The summed E-state index contributed by atoms with van der Waals surface area (Å²) in [6.07, 6.45) is 0.259. The van der Waals surface area contributed by atoms with Crippen molar-refractivity contribution in [2.24, 2.45) is 0 Å². The minimum atomic E-state index is -0.143. The first kappa shape index (κ1) is 18.1. The molecule has 5 nitrogen and oxygen atoms in total. The molecule has 2 rings (SSSR count). The van der Waals surface area contributed by atoms with Crippen LogP contribution in [0.25, 0.3) is 0 Å². The van der Waals surface area contributed by atoms with Crippen molar-refractivity contribution >= 4 is 52.1 Å². The molecular weight excluding hydrogens is 349 g/mol. The summed E-state index contributed by atoms with van der Waals surface area (Å²) in [5.74, 6) is -0.283. The summed E-state index contributed by atoms with van der Waals surface area (Å²) in [5.41, 5.74) is 1.95. The number of anilines is 3. The Morgan fingerprint density at radius 1 is 0.917 bits per heavy atom. The quantitative estimate of drug-likeness (QED) is 0.710. The number of halogens is 2. The Morgan fingerprint density at radius 3 is 2.00 bits per heavy atom. The topological polar surface area (TPSA) is 70.2 Å². The molecule has 0 spiro atoms. The Bertz CT molecular complexity index is 713. The highest BCUT2D eigenvalue weighted by molar-refractivity contribution is 6.39. The highest BCUT2D eigenvalue weighted by atomic mass is 35.5. The normalized spacial score (nSPS) is 10.1. The molecule has 0 atom stereocenters. The van der Waals surface area contributed by atoms with Gasteiger partial charge in [0.2, 0.25) is 11.8 Å². The third-order valence-corrected chi connectivity index (χ3v) is 3.74. The number of amides is 2. The Kier molecular flexibility index (Phi) is 6.46. The number of rotatable bonds is 6. The van der Waals surface area contributed by atoms with Gasteiger partial charge in [0, 0.05) is 31.3 Å². The fraction of sp³-hybridized carbons (Fsp3) is 0.176. The maximum absolute atomic E-state index is 11.9. The van der Waals surface area contributed by atoms with Gasteiger partial charge in [0.15, 0.2) is 0 Å². The Hall–Kier alpha value is -2.24. The lowest BCUT2D eigenvalue weighted by Gasteiger charge is -2.10. The molecule has 3 N–H and O–H groups in total. The van der Waals surface area contributed by atoms with Gasteiger partial charge in [0.25, 0.3) is 0 Å². The number of hydrogen-bond acceptors (Lipinski definition) is 3. The van der Waals surface area contributed by atoms with Crippen molar-refractivity contribution in [1.82, 2.24) is 0 Å². The van der Waals surface area contributed by atoms with E-state index >= 15 is 0 Å². The van der Waals surface area contributed by atoms with Gasteiger partial charge < -0.3 is 16.0 Å². The van der Waals surface area contributed by atoms with Crippen LogP contribution in [0, 0.1) is 0 Å². The molecule has 2 amide bonds. The Labute approximate surface area is 150 Å². The molecule has 0 aromatic heterocycles. The van der Waals surface area contributed by atoms with Crippen LogP contribution < -0.4 is 16.0 Å². The molecule has 126 valence electrons. The molecule has 7 heteroatoms. The first-order chi connectivity index (χ1) is 11.5. The van der Waals surface area contributed by atoms with E-state index in [0.29, 0.717) is 33.7 Å². The van der Waals surface area contributed by atoms with E-state index in [9.17, 15) is 9.59 Å². The molecule has 0 unspecified atom stereocenters. The van der Waals surface area contributed by atoms with Crippen LogP contribution in [0.4, 0.5) is 17.1 Å². The fourth-order valence-corrected chi connectivity index (χ4v) is 2.56. The van der Waals surface area contributed by atoms with E-state index in [1.54, 1.807) is 42.5 Å². The summed E-state index contributed by atoms with van der Waals surface area (Å²) in [5, 5.41) is 9.52. The van der Waals surface area contributed by atoms with Gasteiger partial charge in [0.1, 0.15) is 0 Å². The van der Waals surface area contributed by atoms with Crippen molar-refractivity contribution < 1.29 is 9.59 Å². The van der Waals surface area contributed by atoms with Gasteiger partial charge in [-0.3, -0.25) is 9.59 Å². The molecule has 0 fully saturated rings. The van der Waals surface area contributed by atoms with Crippen LogP contribution in [0.2, 0.25) is 10.0 Å². The smallest absolute Gasteiger partial charge is 0.226 e. The third-order valence-electron chi connectivity index (χ3n) is 3.11. The summed E-state index contributed by atoms with van der Waals surface area (Å²) in [6, 6.07) is 12.1. The van der Waals surface area contributed by atoms with Crippen molar-refractivity contribution in [2.75, 3.05) is 22.5 Å². The van der Waals surface area contributed by atoms with Gasteiger partial charge in [-0.25, -0.2) is 0 Å². The molecule has 0 bridgehead atoms. The number of nitrogens with one attached hydrogen (secondary N) is 3. The van der Waals surface area contributed by atoms with Crippen LogP contribution in [0.5, 0.6) is 0 Å². The largest absolute Gasteiger partial charge is 0.382 e. The van der Waals surface area contributed by atoms with Crippen LogP contribution in [-0.2, 0) is 9.59 Å². The van der Waals surface area contributed by atoms with Gasteiger partial charge in [-0.1, -0.05) is 29.3 Å². The van der Waals surface area contributed by atoms with Crippen LogP contribution in [0.1, 0.15) is 13.3 Å². The number of hydrogen-bond donors (Lipinski definition) is 3. The van der Waals surface area contributed by atoms with Crippen molar-refractivity contribution in [3.63, 3.8) is 0 Å². The monoisotopic (exact) mass is 365 g/mol. The fourth-order valence-electron chi connectivity index (χ4n) is 2.03. The number of carbonyl (C=O) groups excluding carboxylic acids is 2. The van der Waals surface area contributed by atoms with Crippen LogP contribution in [0.15, 0.2) is 42.5 Å². The summed E-state index contributed by atoms with van der Waals surface area (Å²) in [4.78, 5) is 22.9. The van der Waals surface area contributed by atoms with Gasteiger partial charge in [0.05, 0.1) is 15.7 Å². The van der Waals surface area contributed by atoms with Gasteiger partial charge in [-0.05, 0) is 36.4 Å². The molecule has 24 heavy (non-hydrogen) atoms. The Balaban J connectivity index is 1.82. The highest BCUT2D eigenvalue weighted by Crippen LogP contribution is 2.29. The van der Waals surface area contributed by atoms with Crippen LogP contribution in [-0.4, -0.2) is 18.4 Å². The van der Waals surface area contributed by atoms with Gasteiger partial charge >= 0.3 is 0 Å². The average Bonchev–Trinajstić information content (AvgIpc) is 2.52. The first-order valence-electron chi connectivity index (χ1n) is 7.31. The molecule has 0 saturated heterocycles. The van der Waals surface area contributed by atoms with E-state index in [1.165, 1.54) is 6.92 Å². The lowest BCUT2D eigenvalue weighted by atomic mass is 10.2. The van der Waals surface area contributed by atoms with E-state index in [2.05, 4.69) is 16.0 Å². The minimum absolute atomic E-state index is 0.141. The number of benzene rings is 2. The van der Waals surface area contributed by atoms with Crippen molar-refractivity contribution in [3.8, 4) is 0 Å². The van der Waals surface area contributed by atoms with E-state index in [4.69, 9.17) is 23.2 Å². The molecular formula is C17H17Cl2N3O2. The second-order valence-corrected chi connectivity index (χ2v) is 5.89. The predicted octanol–water partition coefficient (Wildman–Crippen LogP) is 4.39. The predicted molar refractivity (Wildman–Crippen MR) is 98.9 cm³/mol. The maximum Gasteiger partial charge on any atom is 0.226 e.